The molecule has 5 atom stereocenters. The van der Waals surface area contributed by atoms with Crippen LogP contribution in [0.25, 0.3) is 10.9 Å². The van der Waals surface area contributed by atoms with Crippen molar-refractivity contribution in [3.8, 4) is 0 Å². The SMILES string of the molecule is CC(C)C[C@H](NC(=O)[C@@H](N)Cc1cnc[nH]1)C(=O)N[C@@H](C)C(=O)N[C@@H](Cc1ccccc1)C(=O)N[C@@H](Cc1c[nH]c2ccccc12)C(=O)O. The van der Waals surface area contributed by atoms with Crippen LogP contribution >= 0.6 is 0 Å². The molecule has 49 heavy (non-hydrogen) atoms. The third kappa shape index (κ3) is 10.5. The van der Waals surface area contributed by atoms with Crippen molar-refractivity contribution in [3.05, 3.63) is 90.1 Å². The number of carbonyl (C=O) groups is 5. The number of amides is 4. The Morgan fingerprint density at radius 3 is 2.08 bits per heavy atom. The van der Waals surface area contributed by atoms with E-state index in [2.05, 4.69) is 36.2 Å². The molecule has 4 aromatic rings. The van der Waals surface area contributed by atoms with Crippen LogP contribution < -0.4 is 27.0 Å². The second-order valence-corrected chi connectivity index (χ2v) is 12.5. The molecule has 0 aliphatic rings. The first kappa shape index (κ1) is 36.3. The lowest BCUT2D eigenvalue weighted by atomic mass is 10.0. The van der Waals surface area contributed by atoms with Gasteiger partial charge in [0.2, 0.25) is 23.6 Å². The fourth-order valence-electron chi connectivity index (χ4n) is 5.44. The molecule has 0 aliphatic heterocycles. The first-order valence-electron chi connectivity index (χ1n) is 16.2. The molecule has 0 fully saturated rings. The minimum atomic E-state index is -1.28. The topological polar surface area (TPSA) is 224 Å². The number of hydrogen-bond donors (Lipinski definition) is 8. The van der Waals surface area contributed by atoms with Gasteiger partial charge in [-0.15, -0.1) is 0 Å². The highest BCUT2D eigenvalue weighted by molar-refractivity contribution is 5.95. The Morgan fingerprint density at radius 2 is 1.41 bits per heavy atom. The number of benzene rings is 2. The van der Waals surface area contributed by atoms with Crippen LogP contribution in [-0.4, -0.2) is 79.9 Å². The van der Waals surface area contributed by atoms with E-state index in [1.807, 2.05) is 44.2 Å². The Balaban J connectivity index is 1.43. The van der Waals surface area contributed by atoms with Crippen LogP contribution in [0.4, 0.5) is 0 Å². The van der Waals surface area contributed by atoms with Gasteiger partial charge in [0.05, 0.1) is 12.4 Å². The third-order valence-corrected chi connectivity index (χ3v) is 8.05. The predicted octanol–water partition coefficient (Wildman–Crippen LogP) is 1.34. The highest BCUT2D eigenvalue weighted by atomic mass is 16.4. The first-order chi connectivity index (χ1) is 23.4. The molecule has 0 aliphatic carbocycles. The van der Waals surface area contributed by atoms with Gasteiger partial charge < -0.3 is 42.1 Å². The van der Waals surface area contributed by atoms with Gasteiger partial charge in [0, 0.05) is 48.3 Å². The van der Waals surface area contributed by atoms with Gasteiger partial charge in [-0.2, -0.15) is 0 Å². The van der Waals surface area contributed by atoms with Gasteiger partial charge in [-0.3, -0.25) is 19.2 Å². The average Bonchev–Trinajstić information content (AvgIpc) is 3.74. The molecular weight excluding hydrogens is 628 g/mol. The zero-order valence-electron chi connectivity index (χ0n) is 27.7. The summed E-state index contributed by atoms with van der Waals surface area (Å²) in [5.41, 5.74) is 9.02. The zero-order chi connectivity index (χ0) is 35.5. The summed E-state index contributed by atoms with van der Waals surface area (Å²) in [6, 6.07) is 10.9. The molecule has 0 radical (unpaired) electrons. The lowest BCUT2D eigenvalue weighted by Gasteiger charge is -2.25. The second-order valence-electron chi connectivity index (χ2n) is 12.5. The minimum Gasteiger partial charge on any atom is -0.480 e. The number of nitrogens with two attached hydrogens (primary N) is 1. The number of para-hydroxylation sites is 1. The maximum absolute atomic E-state index is 13.6. The van der Waals surface area contributed by atoms with Crippen molar-refractivity contribution in [3.63, 3.8) is 0 Å². The van der Waals surface area contributed by atoms with Gasteiger partial charge in [0.1, 0.15) is 24.2 Å². The average molecular weight is 673 g/mol. The minimum absolute atomic E-state index is 0.0120. The number of aromatic nitrogens is 3. The van der Waals surface area contributed by atoms with E-state index in [4.69, 9.17) is 5.73 Å². The van der Waals surface area contributed by atoms with Gasteiger partial charge in [-0.05, 0) is 36.5 Å². The summed E-state index contributed by atoms with van der Waals surface area (Å²) in [5.74, 6) is -3.70. The molecule has 0 bridgehead atoms. The quantitative estimate of drug-likeness (QED) is 0.0815. The number of aromatic amines is 2. The van der Waals surface area contributed by atoms with Gasteiger partial charge >= 0.3 is 5.97 Å². The fraction of sp³-hybridized carbons (Fsp3) is 0.371. The van der Waals surface area contributed by atoms with Crippen LogP contribution in [0.3, 0.4) is 0 Å². The molecule has 4 rings (SSSR count). The van der Waals surface area contributed by atoms with E-state index in [1.165, 1.54) is 13.3 Å². The summed E-state index contributed by atoms with van der Waals surface area (Å²) >= 11 is 0. The first-order valence-corrected chi connectivity index (χ1v) is 16.2. The lowest BCUT2D eigenvalue weighted by Crippen LogP contribution is -2.58. The largest absolute Gasteiger partial charge is 0.480 e. The van der Waals surface area contributed by atoms with E-state index in [1.54, 1.807) is 36.7 Å². The van der Waals surface area contributed by atoms with E-state index in [-0.39, 0.29) is 31.6 Å². The Bertz CT molecular complexity index is 1720. The predicted molar refractivity (Wildman–Crippen MR) is 183 cm³/mol. The molecule has 4 amide bonds. The molecule has 14 heteroatoms. The molecule has 14 nitrogen and oxygen atoms in total. The summed E-state index contributed by atoms with van der Waals surface area (Å²) in [6.45, 7) is 5.24. The van der Waals surface area contributed by atoms with Crippen LogP contribution in [0.15, 0.2) is 73.3 Å². The highest BCUT2D eigenvalue weighted by Gasteiger charge is 2.31. The molecule has 0 saturated heterocycles. The molecule has 2 aromatic heterocycles. The highest BCUT2D eigenvalue weighted by Crippen LogP contribution is 2.19. The number of hydrogen-bond acceptors (Lipinski definition) is 7. The van der Waals surface area contributed by atoms with E-state index >= 15 is 0 Å². The zero-order valence-corrected chi connectivity index (χ0v) is 27.7. The third-order valence-electron chi connectivity index (χ3n) is 8.05. The molecular formula is C35H44N8O6. The number of carboxylic acid groups (broad SMARTS) is 1. The molecule has 260 valence electrons. The number of rotatable bonds is 17. The van der Waals surface area contributed by atoms with Crippen LogP contribution in [0.1, 0.15) is 44.0 Å². The van der Waals surface area contributed by atoms with Gasteiger partial charge in [0.25, 0.3) is 0 Å². The maximum atomic E-state index is 13.6. The van der Waals surface area contributed by atoms with Crippen molar-refractivity contribution in [2.45, 2.75) is 76.7 Å². The summed E-state index contributed by atoms with van der Waals surface area (Å²) in [5, 5.41) is 21.5. The van der Waals surface area contributed by atoms with Gasteiger partial charge in [-0.1, -0.05) is 62.4 Å². The summed E-state index contributed by atoms with van der Waals surface area (Å²) in [6.07, 6.45) is 5.30. The van der Waals surface area contributed by atoms with E-state index in [9.17, 15) is 29.1 Å². The van der Waals surface area contributed by atoms with Crippen LogP contribution in [0.5, 0.6) is 0 Å². The van der Waals surface area contributed by atoms with Crippen molar-refractivity contribution in [2.24, 2.45) is 11.7 Å². The smallest absolute Gasteiger partial charge is 0.326 e. The van der Waals surface area contributed by atoms with Crippen molar-refractivity contribution in [2.75, 3.05) is 0 Å². The van der Waals surface area contributed by atoms with Crippen LogP contribution in [-0.2, 0) is 43.2 Å². The van der Waals surface area contributed by atoms with Crippen molar-refractivity contribution in [1.82, 2.24) is 36.2 Å². The molecule has 2 heterocycles. The number of nitrogens with one attached hydrogen (secondary N) is 6. The van der Waals surface area contributed by atoms with Gasteiger partial charge in [-0.25, -0.2) is 9.78 Å². The Labute approximate surface area is 284 Å². The number of nitrogens with zero attached hydrogens (tertiary/aromatic N) is 1. The fourth-order valence-corrected chi connectivity index (χ4v) is 5.44. The number of aliphatic carboxylic acids is 1. The van der Waals surface area contributed by atoms with Crippen molar-refractivity contribution >= 4 is 40.5 Å². The molecule has 9 N–H and O–H groups in total. The summed E-state index contributed by atoms with van der Waals surface area (Å²) < 4.78 is 0. The Morgan fingerprint density at radius 1 is 0.755 bits per heavy atom. The number of fused-ring (bicyclic) bond motifs is 1. The van der Waals surface area contributed by atoms with Crippen LogP contribution in [0.2, 0.25) is 0 Å². The van der Waals surface area contributed by atoms with Crippen LogP contribution in [0, 0.1) is 5.92 Å². The van der Waals surface area contributed by atoms with Crippen molar-refractivity contribution in [1.29, 1.82) is 0 Å². The number of imidazole rings is 1. The molecule has 0 saturated carbocycles. The number of carbonyl (C=O) groups excluding carboxylic acids is 4. The van der Waals surface area contributed by atoms with Crippen molar-refractivity contribution < 1.29 is 29.1 Å². The van der Waals surface area contributed by atoms with Gasteiger partial charge in [0.15, 0.2) is 0 Å². The van der Waals surface area contributed by atoms with E-state index in [0.29, 0.717) is 11.3 Å². The standard InChI is InChI=1S/C35H44N8O6/c1-20(2)13-28(42-32(45)26(36)16-24-18-37-19-39-24)33(46)40-21(3)31(44)41-29(14-22-9-5-4-6-10-22)34(47)43-30(35(48)49)15-23-17-38-27-12-8-7-11-25(23)27/h4-12,17-21,26,28-30,38H,13-16,36H2,1-3H3,(H,37,39)(H,40,46)(H,41,44)(H,42,45)(H,43,47)(H,48,49)/t21-,26-,28-,29-,30-/m0/s1. The monoisotopic (exact) mass is 672 g/mol. The lowest BCUT2D eigenvalue weighted by molar-refractivity contribution is -0.142. The van der Waals surface area contributed by atoms with E-state index < -0.39 is 59.8 Å². The normalized spacial score (nSPS) is 14.3. The summed E-state index contributed by atoms with van der Waals surface area (Å²) in [7, 11) is 0. The second kappa shape index (κ2) is 17.1. The summed E-state index contributed by atoms with van der Waals surface area (Å²) in [4.78, 5) is 75.4. The Kier molecular flexibility index (Phi) is 12.7. The number of H-pyrrole nitrogens is 2. The molecule has 0 spiro atoms. The maximum Gasteiger partial charge on any atom is 0.326 e. The van der Waals surface area contributed by atoms with E-state index in [0.717, 1.165) is 16.5 Å². The Hall–Kier alpha value is -5.50. The molecule has 0 unspecified atom stereocenters. The molecule has 2 aromatic carbocycles. The number of carboxylic acids is 1.